The quantitative estimate of drug-likeness (QED) is 0.367. The van der Waals surface area contributed by atoms with E-state index in [9.17, 15) is 4.79 Å². The van der Waals surface area contributed by atoms with Gasteiger partial charge in [-0.3, -0.25) is 0 Å². The predicted molar refractivity (Wildman–Crippen MR) is 78.3 cm³/mol. The van der Waals surface area contributed by atoms with E-state index in [1.54, 1.807) is 17.5 Å². The van der Waals surface area contributed by atoms with Crippen LogP contribution in [-0.4, -0.2) is 46.7 Å². The molecule has 0 saturated carbocycles. The van der Waals surface area contributed by atoms with Gasteiger partial charge in [0.25, 0.3) is 0 Å². The number of aromatic nitrogens is 2. The number of amides is 1. The Kier molecular flexibility index (Phi) is 7.05. The molecule has 1 aromatic heterocycles. The zero-order valence-corrected chi connectivity index (χ0v) is 14.3. The van der Waals surface area contributed by atoms with Crippen molar-refractivity contribution < 1.29 is 24.1 Å². The van der Waals surface area contributed by atoms with Gasteiger partial charge in [-0.15, -0.1) is 0 Å². The summed E-state index contributed by atoms with van der Waals surface area (Å²) in [5, 5.41) is 2.83. The normalized spacial score (nSPS) is 9.90. The Labute approximate surface area is 133 Å². The molecular weight excluding hydrogens is 442 g/mol. The first-order valence-electron chi connectivity index (χ1n) is 5.76. The van der Waals surface area contributed by atoms with Crippen molar-refractivity contribution in [1.82, 2.24) is 9.97 Å². The molecule has 0 aromatic carbocycles. The Morgan fingerprint density at radius 2 is 2.43 bits per heavy atom. The number of hydrogen-bond acceptors (Lipinski definition) is 5. The molecule has 0 aliphatic heterocycles. The van der Waals surface area contributed by atoms with Crippen molar-refractivity contribution in [3.63, 3.8) is 0 Å². The molecule has 0 spiro atoms. The number of carbonyl (C=O) groups excluding carboxylic acids is 1. The fourth-order valence-corrected chi connectivity index (χ4v) is 1.62. The summed E-state index contributed by atoms with van der Waals surface area (Å²) >= 11 is 1.23. The second-order valence-electron chi connectivity index (χ2n) is 3.77. The van der Waals surface area contributed by atoms with Gasteiger partial charge < -0.3 is 0 Å². The maximum absolute atomic E-state index is 11.4. The molecule has 1 amide bonds. The number of carbonyl (C=O) groups is 1. The van der Waals surface area contributed by atoms with Gasteiger partial charge in [0.05, 0.1) is 0 Å². The molecule has 0 radical (unpaired) electrons. The third-order valence-electron chi connectivity index (χ3n) is 2.24. The van der Waals surface area contributed by atoms with Crippen LogP contribution in [0, 0.1) is 13.5 Å². The van der Waals surface area contributed by atoms with Gasteiger partial charge in [-0.05, 0) is 0 Å². The minimum atomic E-state index is -0.422. The van der Waals surface area contributed by atoms with Crippen LogP contribution in [0.4, 0.5) is 11.8 Å². The summed E-state index contributed by atoms with van der Waals surface area (Å²) in [7, 11) is 0. The van der Waals surface area contributed by atoms with E-state index in [0.29, 0.717) is 17.5 Å². The molecule has 1 heterocycles. The van der Waals surface area contributed by atoms with Crippen LogP contribution in [0.3, 0.4) is 0 Å². The molecule has 0 atom stereocenters. The Morgan fingerprint density at radius 1 is 1.67 bits per heavy atom. The molecule has 1 N–H and O–H groups in total. The van der Waals surface area contributed by atoms with E-state index in [1.165, 1.54) is 30.6 Å². The number of nitrogens with zero attached hydrogens (tertiary/aromatic N) is 6. The first kappa shape index (κ1) is 16.8. The predicted octanol–water partition coefficient (Wildman–Crippen LogP) is 0.442. The van der Waals surface area contributed by atoms with Gasteiger partial charge in [0.2, 0.25) is 0 Å². The third kappa shape index (κ3) is 5.71. The topological polar surface area (TPSA) is 87.2 Å². The van der Waals surface area contributed by atoms with Crippen molar-refractivity contribution in [2.24, 2.45) is 9.98 Å². The third-order valence-corrected chi connectivity index (χ3v) is 2.67. The number of hydrogen-bond donors (Lipinski definition) is 1. The summed E-state index contributed by atoms with van der Waals surface area (Å²) in [5.74, 6) is 0.395. The fourth-order valence-electron chi connectivity index (χ4n) is 1.41. The molecule has 8 nitrogen and oxygen atoms in total. The molecular formula is C12H13N7OW. The van der Waals surface area contributed by atoms with Crippen LogP contribution in [-0.2, 0) is 24.1 Å². The van der Waals surface area contributed by atoms with Gasteiger partial charge in [-0.25, -0.2) is 0 Å². The van der Waals surface area contributed by atoms with E-state index in [-0.39, 0.29) is 13.2 Å². The molecule has 0 aliphatic carbocycles. The first-order valence-corrected chi connectivity index (χ1v) is 7.45. The summed E-state index contributed by atoms with van der Waals surface area (Å²) in [6.45, 7) is 11.9. The van der Waals surface area contributed by atoms with Gasteiger partial charge >= 0.3 is 133 Å². The SMILES string of the molecule is [C-]#[N+]CN(CC(=O)N=C)c1cc(C)nc(NC=N[CH]=[W])n1. The zero-order valence-electron chi connectivity index (χ0n) is 11.4. The number of aliphatic imine (C=N–C) groups is 2. The molecule has 0 bridgehead atoms. The summed E-state index contributed by atoms with van der Waals surface area (Å²) in [6.07, 6.45) is 1.47. The van der Waals surface area contributed by atoms with E-state index in [2.05, 4.69) is 36.8 Å². The van der Waals surface area contributed by atoms with E-state index in [0.717, 1.165) is 0 Å². The van der Waals surface area contributed by atoms with E-state index >= 15 is 0 Å². The molecule has 9 heteroatoms. The number of nitrogens with one attached hydrogen (secondary N) is 1. The van der Waals surface area contributed by atoms with E-state index in [1.807, 2.05) is 0 Å². The van der Waals surface area contributed by atoms with E-state index in [4.69, 9.17) is 6.57 Å². The summed E-state index contributed by atoms with van der Waals surface area (Å²) in [4.78, 5) is 31.9. The van der Waals surface area contributed by atoms with Crippen LogP contribution in [0.1, 0.15) is 5.69 Å². The molecule has 0 unspecified atom stereocenters. The second kappa shape index (κ2) is 8.82. The Balaban J connectivity index is 3.04. The Bertz CT molecular complexity index is 608. The molecule has 0 fully saturated rings. The second-order valence-corrected chi connectivity index (χ2v) is 4.53. The van der Waals surface area contributed by atoms with Gasteiger partial charge in [0.15, 0.2) is 0 Å². The summed E-state index contributed by atoms with van der Waals surface area (Å²) in [5.41, 5.74) is 0.705. The number of aryl methyl sites for hydroxylation is 1. The summed E-state index contributed by atoms with van der Waals surface area (Å²) in [6, 6.07) is 1.69. The maximum atomic E-state index is 11.4. The van der Waals surface area contributed by atoms with Gasteiger partial charge in [-0.1, -0.05) is 0 Å². The van der Waals surface area contributed by atoms with Crippen LogP contribution in [0.15, 0.2) is 16.1 Å². The van der Waals surface area contributed by atoms with Crippen molar-refractivity contribution in [2.75, 3.05) is 23.4 Å². The Hall–Kier alpha value is -2.26. The standard InChI is InChI=1S/C12H13N7O.W/c1-9-5-10(18-12(17-9)16-7-13-2)19(8-14-3)6-11(20)15-4;/h2,5,7H,4,6,8H2,1H3,(H,16,17,18);. The number of anilines is 2. The average Bonchev–Trinajstić information content (AvgIpc) is 2.46. The van der Waals surface area contributed by atoms with Crippen molar-refractivity contribution in [3.8, 4) is 0 Å². The fraction of sp³-hybridized carbons (Fsp3) is 0.250. The number of rotatable bonds is 7. The molecule has 0 aliphatic rings. The molecule has 1 aromatic rings. The van der Waals surface area contributed by atoms with Crippen LogP contribution in [0.2, 0.25) is 0 Å². The van der Waals surface area contributed by atoms with Crippen LogP contribution < -0.4 is 10.2 Å². The van der Waals surface area contributed by atoms with Crippen molar-refractivity contribution >= 4 is 35.3 Å². The van der Waals surface area contributed by atoms with Crippen molar-refractivity contribution in [1.29, 1.82) is 0 Å². The Morgan fingerprint density at radius 3 is 3.05 bits per heavy atom. The van der Waals surface area contributed by atoms with Crippen LogP contribution >= 0.6 is 0 Å². The van der Waals surface area contributed by atoms with E-state index < -0.39 is 5.91 Å². The molecule has 108 valence electrons. The molecule has 1 rings (SSSR count). The van der Waals surface area contributed by atoms with Crippen LogP contribution in [0.5, 0.6) is 0 Å². The first-order chi connectivity index (χ1) is 10.1. The molecule has 0 saturated heterocycles. The van der Waals surface area contributed by atoms with Gasteiger partial charge in [-0.2, -0.15) is 0 Å². The zero-order chi connectivity index (χ0) is 15.7. The average molecular weight is 455 g/mol. The van der Waals surface area contributed by atoms with Crippen LogP contribution in [0.25, 0.3) is 4.85 Å². The van der Waals surface area contributed by atoms with Gasteiger partial charge in [0, 0.05) is 0 Å². The van der Waals surface area contributed by atoms with Gasteiger partial charge in [0.1, 0.15) is 0 Å². The minimum absolute atomic E-state index is 0.00264. The monoisotopic (exact) mass is 455 g/mol. The van der Waals surface area contributed by atoms with Crippen molar-refractivity contribution in [3.05, 3.63) is 23.2 Å². The molecule has 21 heavy (non-hydrogen) atoms. The summed E-state index contributed by atoms with van der Waals surface area (Å²) < 4.78 is 1.70. The van der Waals surface area contributed by atoms with Crippen molar-refractivity contribution in [2.45, 2.75) is 6.92 Å².